The van der Waals surface area contributed by atoms with Gasteiger partial charge in [0.2, 0.25) is 0 Å². The van der Waals surface area contributed by atoms with Crippen LogP contribution in [0.5, 0.6) is 0 Å². The second kappa shape index (κ2) is 7.48. The van der Waals surface area contributed by atoms with Crippen molar-refractivity contribution in [2.24, 2.45) is 0 Å². The number of aromatic nitrogens is 5. The van der Waals surface area contributed by atoms with E-state index < -0.39 is 17.6 Å². The van der Waals surface area contributed by atoms with Crippen molar-refractivity contribution < 1.29 is 18.0 Å². The van der Waals surface area contributed by atoms with E-state index in [0.717, 1.165) is 12.1 Å². The van der Waals surface area contributed by atoms with E-state index in [1.54, 1.807) is 16.5 Å². The van der Waals surface area contributed by atoms with E-state index in [0.29, 0.717) is 27.3 Å². The molecule has 1 amide bonds. The molecule has 4 rings (SSSR count). The lowest BCUT2D eigenvalue weighted by Gasteiger charge is -2.15. The van der Waals surface area contributed by atoms with Gasteiger partial charge in [0.1, 0.15) is 10.3 Å². The maximum absolute atomic E-state index is 12.8. The molecule has 0 bridgehead atoms. The van der Waals surface area contributed by atoms with Crippen LogP contribution in [0.3, 0.4) is 0 Å². The van der Waals surface area contributed by atoms with Gasteiger partial charge in [0.25, 0.3) is 5.91 Å². The molecule has 0 aliphatic carbocycles. The van der Waals surface area contributed by atoms with Gasteiger partial charge in [0, 0.05) is 18.8 Å². The fourth-order valence-corrected chi connectivity index (χ4v) is 3.02. The number of hydrogen-bond acceptors (Lipinski definition) is 5. The zero-order chi connectivity index (χ0) is 21.5. The summed E-state index contributed by atoms with van der Waals surface area (Å²) in [7, 11) is 1.54. The van der Waals surface area contributed by atoms with Crippen LogP contribution < -0.4 is 4.90 Å². The molecule has 1 aromatic carbocycles. The lowest BCUT2D eigenvalue weighted by atomic mass is 10.1. The SMILES string of the molecule is CN(C(=O)c1cn2c(-c3ccc(C(F)(F)F)cc3)cnc2cn1)c1ccc(Br)nn1. The van der Waals surface area contributed by atoms with Crippen LogP contribution in [0.4, 0.5) is 19.0 Å². The van der Waals surface area contributed by atoms with E-state index in [1.165, 1.54) is 42.7 Å². The van der Waals surface area contributed by atoms with Crippen molar-refractivity contribution in [3.63, 3.8) is 0 Å². The van der Waals surface area contributed by atoms with Crippen molar-refractivity contribution in [3.05, 3.63) is 70.8 Å². The van der Waals surface area contributed by atoms with E-state index in [-0.39, 0.29) is 5.69 Å². The summed E-state index contributed by atoms with van der Waals surface area (Å²) in [6.45, 7) is 0. The molecule has 0 unspecified atom stereocenters. The Morgan fingerprint density at radius 2 is 1.77 bits per heavy atom. The third-order valence-electron chi connectivity index (χ3n) is 4.39. The summed E-state index contributed by atoms with van der Waals surface area (Å²) >= 11 is 3.18. The van der Waals surface area contributed by atoms with Crippen molar-refractivity contribution in [3.8, 4) is 11.3 Å². The largest absolute Gasteiger partial charge is 0.416 e. The average molecular weight is 477 g/mol. The first-order valence-corrected chi connectivity index (χ1v) is 9.31. The number of rotatable bonds is 3. The van der Waals surface area contributed by atoms with Crippen LogP contribution in [0.2, 0.25) is 0 Å². The predicted octanol–water partition coefficient (Wildman–Crippen LogP) is 4.24. The van der Waals surface area contributed by atoms with Gasteiger partial charge in [-0.05, 0) is 40.2 Å². The summed E-state index contributed by atoms with van der Waals surface area (Å²) < 4.78 is 40.6. The highest BCUT2D eigenvalue weighted by Crippen LogP contribution is 2.31. The van der Waals surface area contributed by atoms with Crippen LogP contribution in [0.25, 0.3) is 16.9 Å². The molecule has 0 spiro atoms. The monoisotopic (exact) mass is 476 g/mol. The van der Waals surface area contributed by atoms with Crippen molar-refractivity contribution in [2.75, 3.05) is 11.9 Å². The van der Waals surface area contributed by atoms with Gasteiger partial charge in [-0.1, -0.05) is 12.1 Å². The number of alkyl halides is 3. The molecule has 0 saturated carbocycles. The molecule has 3 heterocycles. The first-order chi connectivity index (χ1) is 14.2. The second-order valence-corrected chi connectivity index (χ2v) is 7.11. The Balaban J connectivity index is 1.69. The van der Waals surface area contributed by atoms with Crippen LogP contribution in [0, 0.1) is 0 Å². The van der Waals surface area contributed by atoms with Crippen molar-refractivity contribution >= 4 is 33.3 Å². The number of carbonyl (C=O) groups is 1. The fourth-order valence-electron chi connectivity index (χ4n) is 2.81. The Kier molecular flexibility index (Phi) is 4.98. The normalized spacial score (nSPS) is 11.6. The van der Waals surface area contributed by atoms with Crippen LogP contribution >= 0.6 is 15.9 Å². The zero-order valence-corrected chi connectivity index (χ0v) is 16.9. The van der Waals surface area contributed by atoms with Gasteiger partial charge < -0.3 is 0 Å². The zero-order valence-electron chi connectivity index (χ0n) is 15.3. The fraction of sp³-hybridized carbons (Fsp3) is 0.105. The smallest absolute Gasteiger partial charge is 0.296 e. The van der Waals surface area contributed by atoms with Crippen molar-refractivity contribution in [1.82, 2.24) is 24.6 Å². The minimum absolute atomic E-state index is 0.112. The molecule has 0 aliphatic heterocycles. The Bertz CT molecular complexity index is 1220. The van der Waals surface area contributed by atoms with Crippen LogP contribution in [-0.2, 0) is 6.18 Å². The number of halogens is 4. The Morgan fingerprint density at radius 1 is 1.03 bits per heavy atom. The van der Waals surface area contributed by atoms with E-state index in [4.69, 9.17) is 0 Å². The third kappa shape index (κ3) is 3.75. The molecule has 30 heavy (non-hydrogen) atoms. The summed E-state index contributed by atoms with van der Waals surface area (Å²) in [5.74, 6) is -0.0979. The van der Waals surface area contributed by atoms with Gasteiger partial charge in [0.05, 0.1) is 23.7 Å². The quantitative estimate of drug-likeness (QED) is 0.441. The summed E-state index contributed by atoms with van der Waals surface area (Å²) in [4.78, 5) is 22.5. The lowest BCUT2D eigenvalue weighted by molar-refractivity contribution is -0.137. The molecule has 4 aromatic rings. The molecule has 3 aromatic heterocycles. The van der Waals surface area contributed by atoms with E-state index in [1.807, 2.05) is 0 Å². The van der Waals surface area contributed by atoms with Crippen LogP contribution in [0.1, 0.15) is 16.1 Å². The lowest BCUT2D eigenvalue weighted by Crippen LogP contribution is -2.28. The number of imidazole rings is 1. The first-order valence-electron chi connectivity index (χ1n) is 8.52. The van der Waals surface area contributed by atoms with Gasteiger partial charge in [-0.25, -0.2) is 9.97 Å². The van der Waals surface area contributed by atoms with Crippen molar-refractivity contribution in [1.29, 1.82) is 0 Å². The number of benzene rings is 1. The highest BCUT2D eigenvalue weighted by molar-refractivity contribution is 9.10. The van der Waals surface area contributed by atoms with Gasteiger partial charge in [-0.2, -0.15) is 13.2 Å². The minimum atomic E-state index is -4.41. The molecule has 0 radical (unpaired) electrons. The summed E-state index contributed by atoms with van der Waals surface area (Å²) in [6, 6.07) is 8.00. The summed E-state index contributed by atoms with van der Waals surface area (Å²) in [5.41, 5.74) is 0.872. The summed E-state index contributed by atoms with van der Waals surface area (Å²) in [5, 5.41) is 7.79. The van der Waals surface area contributed by atoms with Gasteiger partial charge in [-0.3, -0.25) is 14.1 Å². The standard InChI is InChI=1S/C19H12BrF3N6O/c1-28(16-7-6-15(20)26-27-16)18(30)13-10-29-14(8-25-17(29)9-24-13)11-2-4-12(5-3-11)19(21,22)23/h2-10H,1H3. The molecule has 0 N–H and O–H groups in total. The highest BCUT2D eigenvalue weighted by atomic mass is 79.9. The number of anilines is 1. The predicted molar refractivity (Wildman–Crippen MR) is 106 cm³/mol. The number of fused-ring (bicyclic) bond motifs is 1. The molecular weight excluding hydrogens is 465 g/mol. The van der Waals surface area contributed by atoms with E-state index in [9.17, 15) is 18.0 Å². The molecule has 0 fully saturated rings. The van der Waals surface area contributed by atoms with Gasteiger partial charge in [-0.15, -0.1) is 10.2 Å². The second-order valence-electron chi connectivity index (χ2n) is 6.30. The number of amides is 1. The van der Waals surface area contributed by atoms with E-state index in [2.05, 4.69) is 36.1 Å². The minimum Gasteiger partial charge on any atom is -0.296 e. The van der Waals surface area contributed by atoms with Crippen LogP contribution in [-0.4, -0.2) is 37.5 Å². The van der Waals surface area contributed by atoms with Crippen molar-refractivity contribution in [2.45, 2.75) is 6.18 Å². The molecule has 152 valence electrons. The first kappa shape index (κ1) is 20.0. The Labute approximate surface area is 176 Å². The molecule has 7 nitrogen and oxygen atoms in total. The topological polar surface area (TPSA) is 76.3 Å². The van der Waals surface area contributed by atoms with Gasteiger partial charge >= 0.3 is 6.18 Å². The Morgan fingerprint density at radius 3 is 2.40 bits per heavy atom. The van der Waals surface area contributed by atoms with E-state index >= 15 is 0 Å². The van der Waals surface area contributed by atoms with Gasteiger partial charge in [0.15, 0.2) is 11.5 Å². The highest BCUT2D eigenvalue weighted by Gasteiger charge is 2.30. The van der Waals surface area contributed by atoms with Crippen LogP contribution in [0.15, 0.2) is 59.6 Å². The Hall–Kier alpha value is -3.34. The molecule has 0 atom stereocenters. The number of carbonyl (C=O) groups excluding carboxylic acids is 1. The molecule has 0 saturated heterocycles. The maximum Gasteiger partial charge on any atom is 0.416 e. The maximum atomic E-state index is 12.8. The molecule has 0 aliphatic rings. The summed E-state index contributed by atoms with van der Waals surface area (Å²) in [6.07, 6.45) is 0.00215. The third-order valence-corrected chi connectivity index (χ3v) is 4.81. The molecular formula is C19H12BrF3N6O. The average Bonchev–Trinajstić information content (AvgIpc) is 3.16. The molecule has 11 heteroatoms. The number of hydrogen-bond donors (Lipinski definition) is 0. The number of nitrogens with zero attached hydrogens (tertiary/aromatic N) is 6.